The highest BCUT2D eigenvalue weighted by Crippen LogP contribution is 2.31. The number of esters is 1. The fourth-order valence-electron chi connectivity index (χ4n) is 2.87. The summed E-state index contributed by atoms with van der Waals surface area (Å²) in [5.41, 5.74) is 3.14. The highest BCUT2D eigenvalue weighted by atomic mass is 32.1. The third-order valence-corrected chi connectivity index (χ3v) is 5.00. The molecule has 2 aromatic rings. The molecule has 3 rings (SSSR count). The van der Waals surface area contributed by atoms with Gasteiger partial charge >= 0.3 is 5.97 Å². The van der Waals surface area contributed by atoms with Crippen molar-refractivity contribution in [2.75, 3.05) is 20.2 Å². The minimum absolute atomic E-state index is 0.287. The zero-order valence-corrected chi connectivity index (χ0v) is 13.1. The maximum atomic E-state index is 12.0. The Hall–Kier alpha value is -1.66. The van der Waals surface area contributed by atoms with Gasteiger partial charge in [-0.3, -0.25) is 0 Å². The summed E-state index contributed by atoms with van der Waals surface area (Å²) in [6.45, 7) is 4.05. The van der Waals surface area contributed by atoms with Gasteiger partial charge in [-0.2, -0.15) is 0 Å². The van der Waals surface area contributed by atoms with Crippen molar-refractivity contribution in [1.82, 2.24) is 14.9 Å². The Balaban J connectivity index is 2.03. The smallest absolute Gasteiger partial charge is 0.350 e. The van der Waals surface area contributed by atoms with Gasteiger partial charge in [0.2, 0.25) is 0 Å². The third-order valence-electron chi connectivity index (χ3n) is 3.94. The molecule has 3 heterocycles. The molecule has 112 valence electrons. The third kappa shape index (κ3) is 2.61. The normalized spacial score (nSPS) is 18.7. The number of aryl methyl sites for hydroxylation is 1. The number of carbonyl (C=O) groups excluding carboxylic acids is 1. The van der Waals surface area contributed by atoms with E-state index in [1.807, 2.05) is 18.5 Å². The number of piperidine rings is 1. The molecule has 1 atom stereocenters. The van der Waals surface area contributed by atoms with E-state index in [-0.39, 0.29) is 5.97 Å². The van der Waals surface area contributed by atoms with Crippen molar-refractivity contribution < 1.29 is 9.53 Å². The van der Waals surface area contributed by atoms with E-state index >= 15 is 0 Å². The Labute approximate surface area is 128 Å². The first-order chi connectivity index (χ1) is 10.2. The molecule has 6 heteroatoms. The molecular formula is C15H19N3O2S. The number of rotatable bonds is 3. The molecule has 0 amide bonds. The van der Waals surface area contributed by atoms with Crippen LogP contribution >= 0.6 is 11.3 Å². The molecule has 1 saturated heterocycles. The molecule has 0 bridgehead atoms. The Morgan fingerprint density at radius 3 is 3.14 bits per heavy atom. The number of ether oxygens (including phenoxy) is 1. The van der Waals surface area contributed by atoms with Gasteiger partial charge in [-0.15, -0.1) is 11.3 Å². The van der Waals surface area contributed by atoms with E-state index in [2.05, 4.69) is 14.9 Å². The summed E-state index contributed by atoms with van der Waals surface area (Å²) in [5.74, 6) is 0.149. The molecule has 21 heavy (non-hydrogen) atoms. The number of methoxy groups -OCH3 is 1. The molecule has 1 N–H and O–H groups in total. The van der Waals surface area contributed by atoms with Crippen LogP contribution < -0.4 is 5.32 Å². The first-order valence-corrected chi connectivity index (χ1v) is 8.00. The van der Waals surface area contributed by atoms with Crippen molar-refractivity contribution >= 4 is 17.3 Å². The summed E-state index contributed by atoms with van der Waals surface area (Å²) < 4.78 is 6.95. The van der Waals surface area contributed by atoms with Crippen molar-refractivity contribution in [2.24, 2.45) is 0 Å². The first-order valence-electron chi connectivity index (χ1n) is 7.12. The standard InChI is InChI=1S/C15H19N3O2S/c1-10-8-21-14(15(19)20-2)13(10)18-9-17-7-12(18)11-4-3-5-16-6-11/h7-9,11,16H,3-6H2,1-2H3. The quantitative estimate of drug-likeness (QED) is 0.885. The molecule has 0 aromatic carbocycles. The molecule has 2 aromatic heterocycles. The molecule has 0 saturated carbocycles. The summed E-state index contributed by atoms with van der Waals surface area (Å²) in [7, 11) is 1.42. The van der Waals surface area contributed by atoms with Crippen LogP contribution in [0.5, 0.6) is 0 Å². The second-order valence-corrected chi connectivity index (χ2v) is 6.20. The van der Waals surface area contributed by atoms with Crippen LogP contribution in [0.3, 0.4) is 0 Å². The predicted octanol–water partition coefficient (Wildman–Crippen LogP) is 2.50. The Morgan fingerprint density at radius 2 is 2.43 bits per heavy atom. The van der Waals surface area contributed by atoms with Gasteiger partial charge < -0.3 is 14.6 Å². The van der Waals surface area contributed by atoms with E-state index in [4.69, 9.17) is 4.74 Å². The number of hydrogen-bond acceptors (Lipinski definition) is 5. The number of thiophene rings is 1. The lowest BCUT2D eigenvalue weighted by molar-refractivity contribution is 0.0606. The number of aromatic nitrogens is 2. The van der Waals surface area contributed by atoms with Crippen LogP contribution in [0, 0.1) is 6.92 Å². The lowest BCUT2D eigenvalue weighted by Gasteiger charge is -2.24. The molecule has 0 radical (unpaired) electrons. The van der Waals surface area contributed by atoms with Gasteiger partial charge in [-0.1, -0.05) is 0 Å². The number of nitrogens with zero attached hydrogens (tertiary/aromatic N) is 2. The summed E-state index contributed by atoms with van der Waals surface area (Å²) in [6, 6.07) is 0. The monoisotopic (exact) mass is 305 g/mol. The van der Waals surface area contributed by atoms with Crippen molar-refractivity contribution in [1.29, 1.82) is 0 Å². The fourth-order valence-corrected chi connectivity index (χ4v) is 3.83. The number of hydrogen-bond donors (Lipinski definition) is 1. The zero-order valence-electron chi connectivity index (χ0n) is 12.3. The van der Waals surface area contributed by atoms with Crippen molar-refractivity contribution in [3.63, 3.8) is 0 Å². The Bertz CT molecular complexity index is 641. The minimum atomic E-state index is -0.287. The zero-order chi connectivity index (χ0) is 14.8. The molecule has 1 aliphatic heterocycles. The second kappa shape index (κ2) is 5.99. The molecule has 1 unspecified atom stereocenters. The van der Waals surface area contributed by atoms with Crippen LogP contribution in [0.2, 0.25) is 0 Å². The highest BCUT2D eigenvalue weighted by Gasteiger charge is 2.24. The van der Waals surface area contributed by atoms with Crippen molar-refractivity contribution in [2.45, 2.75) is 25.7 Å². The van der Waals surface area contributed by atoms with Gasteiger partial charge in [-0.05, 0) is 37.3 Å². The summed E-state index contributed by atoms with van der Waals surface area (Å²) in [6.07, 6.45) is 6.03. The maximum Gasteiger partial charge on any atom is 0.350 e. The first kappa shape index (κ1) is 14.3. The van der Waals surface area contributed by atoms with Crippen LogP contribution in [-0.4, -0.2) is 35.7 Å². The largest absolute Gasteiger partial charge is 0.465 e. The number of carbonyl (C=O) groups is 1. The molecule has 1 aliphatic rings. The lowest BCUT2D eigenvalue weighted by Crippen LogP contribution is -2.29. The SMILES string of the molecule is COC(=O)c1scc(C)c1-n1cncc1C1CCCNC1. The van der Waals surface area contributed by atoms with Crippen molar-refractivity contribution in [3.05, 3.63) is 34.0 Å². The average molecular weight is 305 g/mol. The second-order valence-electron chi connectivity index (χ2n) is 5.32. The average Bonchev–Trinajstić information content (AvgIpc) is 3.13. The van der Waals surface area contributed by atoms with Crippen LogP contribution in [0.25, 0.3) is 5.69 Å². The van der Waals surface area contributed by atoms with Crippen LogP contribution in [-0.2, 0) is 4.74 Å². The van der Waals surface area contributed by atoms with Gasteiger partial charge in [0.15, 0.2) is 0 Å². The summed E-state index contributed by atoms with van der Waals surface area (Å²) in [5, 5.41) is 5.42. The van der Waals surface area contributed by atoms with E-state index in [9.17, 15) is 4.79 Å². The number of nitrogens with one attached hydrogen (secondary N) is 1. The topological polar surface area (TPSA) is 56.2 Å². The van der Waals surface area contributed by atoms with Gasteiger partial charge in [0.1, 0.15) is 4.88 Å². The van der Waals surface area contributed by atoms with E-state index in [0.717, 1.165) is 36.5 Å². The maximum absolute atomic E-state index is 12.0. The van der Waals surface area contributed by atoms with Crippen LogP contribution in [0.4, 0.5) is 0 Å². The predicted molar refractivity (Wildman–Crippen MR) is 82.4 cm³/mol. The molecule has 0 aliphatic carbocycles. The molecule has 0 spiro atoms. The van der Waals surface area contributed by atoms with Crippen LogP contribution in [0.15, 0.2) is 17.9 Å². The Kier molecular flexibility index (Phi) is 4.07. The fraction of sp³-hybridized carbons (Fsp3) is 0.467. The van der Waals surface area contributed by atoms with E-state index in [0.29, 0.717) is 10.8 Å². The van der Waals surface area contributed by atoms with Crippen molar-refractivity contribution in [3.8, 4) is 5.69 Å². The Morgan fingerprint density at radius 1 is 1.57 bits per heavy atom. The van der Waals surface area contributed by atoms with Gasteiger partial charge in [0, 0.05) is 24.4 Å². The highest BCUT2D eigenvalue weighted by molar-refractivity contribution is 7.12. The molecule has 5 nitrogen and oxygen atoms in total. The summed E-state index contributed by atoms with van der Waals surface area (Å²) in [4.78, 5) is 16.9. The minimum Gasteiger partial charge on any atom is -0.465 e. The lowest BCUT2D eigenvalue weighted by atomic mass is 9.96. The number of imidazole rings is 1. The van der Waals surface area contributed by atoms with E-state index in [1.165, 1.54) is 24.9 Å². The van der Waals surface area contributed by atoms with Gasteiger partial charge in [-0.25, -0.2) is 9.78 Å². The van der Waals surface area contributed by atoms with Crippen LogP contribution in [0.1, 0.15) is 39.7 Å². The van der Waals surface area contributed by atoms with Gasteiger partial charge in [0.05, 0.1) is 19.1 Å². The van der Waals surface area contributed by atoms with E-state index < -0.39 is 0 Å². The summed E-state index contributed by atoms with van der Waals surface area (Å²) >= 11 is 1.42. The van der Waals surface area contributed by atoms with E-state index in [1.54, 1.807) is 6.33 Å². The molecule has 1 fully saturated rings. The molecular weight excluding hydrogens is 286 g/mol. The van der Waals surface area contributed by atoms with Gasteiger partial charge in [0.25, 0.3) is 0 Å².